The molecule has 0 bridgehead atoms. The molecule has 0 radical (unpaired) electrons. The summed E-state index contributed by atoms with van der Waals surface area (Å²) in [5.74, 6) is 0.118. The van der Waals surface area contributed by atoms with Crippen molar-refractivity contribution in [3.63, 3.8) is 0 Å². The first-order valence-electron chi connectivity index (χ1n) is 5.71. The minimum atomic E-state index is -4.30. The summed E-state index contributed by atoms with van der Waals surface area (Å²) in [6.45, 7) is 2.64. The lowest BCUT2D eigenvalue weighted by Crippen LogP contribution is -2.34. The molecule has 0 aromatic carbocycles. The van der Waals surface area contributed by atoms with Gasteiger partial charge in [0, 0.05) is 13.1 Å². The Kier molecular flexibility index (Phi) is 6.06. The quantitative estimate of drug-likeness (QED) is 0.813. The Bertz CT molecular complexity index is 450. The van der Waals surface area contributed by atoms with Gasteiger partial charge < -0.3 is 10.2 Å². The van der Waals surface area contributed by atoms with E-state index in [-0.39, 0.29) is 22.8 Å². The fourth-order valence-electron chi connectivity index (χ4n) is 1.03. The van der Waals surface area contributed by atoms with Crippen LogP contribution in [0.15, 0.2) is 4.34 Å². The fraction of sp³-hybridized carbons (Fsp3) is 0.700. The van der Waals surface area contributed by atoms with Crippen LogP contribution in [0.2, 0.25) is 0 Å². The number of hydrogen-bond acceptors (Lipinski definition) is 6. The fourth-order valence-corrected chi connectivity index (χ4v) is 2.70. The van der Waals surface area contributed by atoms with Crippen LogP contribution in [0.4, 0.5) is 18.3 Å². The highest BCUT2D eigenvalue weighted by Crippen LogP contribution is 2.26. The summed E-state index contributed by atoms with van der Waals surface area (Å²) in [5, 5.41) is 9.55. The van der Waals surface area contributed by atoms with E-state index in [0.717, 1.165) is 23.1 Å². The molecule has 0 aliphatic rings. The Morgan fingerprint density at radius 1 is 1.45 bits per heavy atom. The van der Waals surface area contributed by atoms with Crippen LogP contribution in [0.1, 0.15) is 13.8 Å². The van der Waals surface area contributed by atoms with Crippen molar-refractivity contribution < 1.29 is 18.0 Å². The zero-order chi connectivity index (χ0) is 15.3. The summed E-state index contributed by atoms with van der Waals surface area (Å²) in [5.41, 5.74) is 0. The van der Waals surface area contributed by atoms with Gasteiger partial charge in [-0.3, -0.25) is 4.79 Å². The van der Waals surface area contributed by atoms with Crippen LogP contribution in [0.3, 0.4) is 0 Å². The summed E-state index contributed by atoms with van der Waals surface area (Å²) in [6, 6.07) is 0.0986. The number of hydrogen-bond donors (Lipinski definition) is 1. The largest absolute Gasteiger partial charge is 0.405 e. The Morgan fingerprint density at radius 2 is 2.10 bits per heavy atom. The molecule has 0 aliphatic carbocycles. The number of carbonyl (C=O) groups excluding carboxylic acids is 1. The van der Waals surface area contributed by atoms with E-state index in [1.807, 2.05) is 13.8 Å². The molecule has 1 rings (SSSR count). The van der Waals surface area contributed by atoms with Gasteiger partial charge in [0.2, 0.25) is 11.0 Å². The molecular formula is C10H15F3N4OS2. The number of rotatable bonds is 6. The number of thioether (sulfide) groups is 1. The molecule has 1 aromatic rings. The number of anilines is 1. The van der Waals surface area contributed by atoms with E-state index in [2.05, 4.69) is 15.5 Å². The first-order chi connectivity index (χ1) is 9.19. The molecule has 0 fully saturated rings. The van der Waals surface area contributed by atoms with Crippen LogP contribution < -0.4 is 5.32 Å². The number of carbonyl (C=O) groups is 1. The molecule has 1 heterocycles. The summed E-state index contributed by atoms with van der Waals surface area (Å²) in [7, 11) is 1.70. The normalized spacial score (nSPS) is 11.8. The van der Waals surface area contributed by atoms with Crippen LogP contribution in [0, 0.1) is 0 Å². The van der Waals surface area contributed by atoms with Gasteiger partial charge in [-0.1, -0.05) is 23.1 Å². The predicted molar refractivity (Wildman–Crippen MR) is 73.1 cm³/mol. The predicted octanol–water partition coefficient (Wildman–Crippen LogP) is 2.47. The van der Waals surface area contributed by atoms with E-state index in [4.69, 9.17) is 0 Å². The highest BCUT2D eigenvalue weighted by molar-refractivity contribution is 8.01. The highest BCUT2D eigenvalue weighted by atomic mass is 32.2. The minimum Gasteiger partial charge on any atom is -0.351 e. The van der Waals surface area contributed by atoms with Crippen molar-refractivity contribution in [1.82, 2.24) is 15.1 Å². The van der Waals surface area contributed by atoms with Gasteiger partial charge in [-0.05, 0) is 13.8 Å². The second-order valence-corrected chi connectivity index (χ2v) is 6.43. The van der Waals surface area contributed by atoms with Crippen molar-refractivity contribution in [2.24, 2.45) is 0 Å². The lowest BCUT2D eigenvalue weighted by molar-refractivity contribution is -0.128. The van der Waals surface area contributed by atoms with Crippen LogP contribution in [-0.2, 0) is 4.79 Å². The molecule has 5 nitrogen and oxygen atoms in total. The number of alkyl halides is 3. The average molecular weight is 328 g/mol. The monoisotopic (exact) mass is 328 g/mol. The van der Waals surface area contributed by atoms with E-state index < -0.39 is 12.7 Å². The maximum absolute atomic E-state index is 12.0. The molecule has 0 saturated heterocycles. The Morgan fingerprint density at radius 3 is 2.65 bits per heavy atom. The van der Waals surface area contributed by atoms with E-state index in [1.54, 1.807) is 11.9 Å². The molecule has 0 aliphatic heterocycles. The minimum absolute atomic E-state index is 0.0648. The summed E-state index contributed by atoms with van der Waals surface area (Å²) in [4.78, 5) is 13.3. The standard InChI is InChI=1S/C10H15F3N4OS2/c1-6(2)17(3)7(18)4-19-9-16-15-8(20-9)14-5-10(11,12)13/h6H,4-5H2,1-3H3,(H,14,15). The maximum Gasteiger partial charge on any atom is 0.405 e. The average Bonchev–Trinajstić information content (AvgIpc) is 2.79. The van der Waals surface area contributed by atoms with Crippen molar-refractivity contribution in [2.45, 2.75) is 30.4 Å². The van der Waals surface area contributed by atoms with Crippen LogP contribution >= 0.6 is 23.1 Å². The van der Waals surface area contributed by atoms with Gasteiger partial charge in [0.1, 0.15) is 6.54 Å². The third-order valence-electron chi connectivity index (χ3n) is 2.33. The maximum atomic E-state index is 12.0. The van der Waals surface area contributed by atoms with Crippen LogP contribution in [0.25, 0.3) is 0 Å². The molecule has 114 valence electrons. The molecule has 1 aromatic heterocycles. The number of nitrogens with zero attached hydrogens (tertiary/aromatic N) is 3. The lowest BCUT2D eigenvalue weighted by atomic mass is 10.3. The van der Waals surface area contributed by atoms with Gasteiger partial charge in [-0.25, -0.2) is 0 Å². The number of nitrogens with one attached hydrogen (secondary N) is 1. The van der Waals surface area contributed by atoms with Crippen molar-refractivity contribution >= 4 is 34.1 Å². The molecular weight excluding hydrogens is 313 g/mol. The zero-order valence-electron chi connectivity index (χ0n) is 11.2. The van der Waals surface area contributed by atoms with E-state index in [0.29, 0.717) is 4.34 Å². The number of halogens is 3. The van der Waals surface area contributed by atoms with E-state index >= 15 is 0 Å². The number of aromatic nitrogens is 2. The molecule has 1 amide bonds. The second-order valence-electron chi connectivity index (χ2n) is 4.23. The van der Waals surface area contributed by atoms with Crippen molar-refractivity contribution in [1.29, 1.82) is 0 Å². The second kappa shape index (κ2) is 7.11. The molecule has 0 saturated carbocycles. The molecule has 10 heteroatoms. The highest BCUT2D eigenvalue weighted by Gasteiger charge is 2.27. The zero-order valence-corrected chi connectivity index (χ0v) is 12.8. The van der Waals surface area contributed by atoms with Gasteiger partial charge in [0.05, 0.1) is 5.75 Å². The van der Waals surface area contributed by atoms with Crippen LogP contribution in [0.5, 0.6) is 0 Å². The Hall–Kier alpha value is -1.03. The summed E-state index contributed by atoms with van der Waals surface area (Å²) >= 11 is 2.16. The van der Waals surface area contributed by atoms with Gasteiger partial charge in [-0.15, -0.1) is 10.2 Å². The molecule has 0 unspecified atom stereocenters. The molecule has 0 atom stereocenters. The van der Waals surface area contributed by atoms with Crippen molar-refractivity contribution in [3.05, 3.63) is 0 Å². The van der Waals surface area contributed by atoms with Crippen molar-refractivity contribution in [2.75, 3.05) is 24.7 Å². The summed E-state index contributed by atoms with van der Waals surface area (Å²) < 4.78 is 36.5. The van der Waals surface area contributed by atoms with Crippen LogP contribution in [-0.4, -0.2) is 52.6 Å². The van der Waals surface area contributed by atoms with E-state index in [1.165, 1.54) is 0 Å². The first-order valence-corrected chi connectivity index (χ1v) is 7.52. The Balaban J connectivity index is 2.43. The van der Waals surface area contributed by atoms with Gasteiger partial charge >= 0.3 is 6.18 Å². The van der Waals surface area contributed by atoms with Crippen molar-refractivity contribution in [3.8, 4) is 0 Å². The third kappa shape index (κ3) is 5.95. The third-order valence-corrected chi connectivity index (χ3v) is 4.33. The lowest BCUT2D eigenvalue weighted by Gasteiger charge is -2.20. The smallest absolute Gasteiger partial charge is 0.351 e. The van der Waals surface area contributed by atoms with Gasteiger partial charge in [0.15, 0.2) is 4.34 Å². The van der Waals surface area contributed by atoms with Gasteiger partial charge in [0.25, 0.3) is 0 Å². The van der Waals surface area contributed by atoms with Gasteiger partial charge in [-0.2, -0.15) is 13.2 Å². The first kappa shape index (κ1) is 17.0. The molecule has 1 N–H and O–H groups in total. The Labute approximate surface area is 122 Å². The molecule has 0 spiro atoms. The summed E-state index contributed by atoms with van der Waals surface area (Å²) in [6.07, 6.45) is -4.30. The number of amides is 1. The topological polar surface area (TPSA) is 58.1 Å². The molecule has 20 heavy (non-hydrogen) atoms. The SMILES string of the molecule is CC(C)N(C)C(=O)CSc1nnc(NCC(F)(F)F)s1. The van der Waals surface area contributed by atoms with E-state index in [9.17, 15) is 18.0 Å².